The molecule has 0 spiro atoms. The Kier molecular flexibility index (Phi) is 6.42. The summed E-state index contributed by atoms with van der Waals surface area (Å²) < 4.78 is 0. The first-order valence-electron chi connectivity index (χ1n) is 11.6. The third kappa shape index (κ3) is 4.47. The monoisotopic (exact) mass is 473 g/mol. The Hall–Kier alpha value is -3.12. The molecule has 174 valence electrons. The van der Waals surface area contributed by atoms with E-state index in [1.165, 1.54) is 0 Å². The van der Waals surface area contributed by atoms with Crippen LogP contribution in [0.2, 0.25) is 5.02 Å². The molecule has 0 unspecified atom stereocenters. The Bertz CT molecular complexity index is 1290. The van der Waals surface area contributed by atoms with E-state index in [0.29, 0.717) is 5.56 Å². The fourth-order valence-corrected chi connectivity index (χ4v) is 5.05. The molecular formula is C28H28ClN3O2. The molecule has 3 aromatic carbocycles. The van der Waals surface area contributed by atoms with Crippen LogP contribution in [0.15, 0.2) is 79.0 Å². The molecule has 1 aromatic heterocycles. The third-order valence-corrected chi connectivity index (χ3v) is 6.96. The number of para-hydroxylation sites is 1. The first-order chi connectivity index (χ1) is 16.5. The van der Waals surface area contributed by atoms with Crippen LogP contribution in [0.4, 0.5) is 5.69 Å². The summed E-state index contributed by atoms with van der Waals surface area (Å²) in [6.07, 6.45) is 0.527. The van der Waals surface area contributed by atoms with Gasteiger partial charge in [0.1, 0.15) is 6.10 Å². The molecule has 1 fully saturated rings. The molecule has 1 aliphatic heterocycles. The molecule has 1 aliphatic rings. The van der Waals surface area contributed by atoms with Gasteiger partial charge in [-0.1, -0.05) is 65.7 Å². The number of aliphatic hydroxyl groups is 1. The smallest absolute Gasteiger partial charge is 0.195 e. The Balaban J connectivity index is 1.42. The number of hydrogen-bond donors (Lipinski definition) is 2. The number of nitrogens with zero attached hydrogens (tertiary/aromatic N) is 2. The predicted octanol–water partition coefficient (Wildman–Crippen LogP) is 5.24. The first-order valence-corrected chi connectivity index (χ1v) is 12.0. The van der Waals surface area contributed by atoms with Gasteiger partial charge < -0.3 is 15.0 Å². The lowest BCUT2D eigenvalue weighted by Gasteiger charge is -2.41. The number of ketones is 1. The van der Waals surface area contributed by atoms with Crippen molar-refractivity contribution in [3.63, 3.8) is 0 Å². The van der Waals surface area contributed by atoms with Gasteiger partial charge in [0.25, 0.3) is 0 Å². The maximum absolute atomic E-state index is 13.5. The summed E-state index contributed by atoms with van der Waals surface area (Å²) in [5.41, 5.74) is 4.60. The molecule has 2 heterocycles. The van der Waals surface area contributed by atoms with E-state index in [4.69, 9.17) is 11.6 Å². The average molecular weight is 474 g/mol. The number of fused-ring (bicyclic) bond motifs is 1. The third-order valence-electron chi connectivity index (χ3n) is 6.72. The SMILES string of the molecule is Cc1ccc([C@H]([C@@H](O)C(=O)c2c[nH]c3ccccc23)N2CCN(c3cccc(Cl)c3)CC2)cc1. The number of piperazine rings is 1. The maximum Gasteiger partial charge on any atom is 0.195 e. The average Bonchev–Trinajstić information content (AvgIpc) is 3.29. The van der Waals surface area contributed by atoms with Crippen molar-refractivity contribution in [1.29, 1.82) is 0 Å². The summed E-state index contributed by atoms with van der Waals surface area (Å²) in [5.74, 6) is -0.264. The van der Waals surface area contributed by atoms with Crippen LogP contribution in [0, 0.1) is 6.92 Å². The fourth-order valence-electron chi connectivity index (χ4n) is 4.87. The molecule has 0 bridgehead atoms. The van der Waals surface area contributed by atoms with Gasteiger partial charge in [0.2, 0.25) is 0 Å². The summed E-state index contributed by atoms with van der Waals surface area (Å²) in [7, 11) is 0. The van der Waals surface area contributed by atoms with Crippen LogP contribution in [0.5, 0.6) is 0 Å². The van der Waals surface area contributed by atoms with Crippen LogP contribution >= 0.6 is 11.6 Å². The predicted molar refractivity (Wildman–Crippen MR) is 138 cm³/mol. The number of benzene rings is 3. The van der Waals surface area contributed by atoms with Gasteiger partial charge in [-0.2, -0.15) is 0 Å². The molecular weight excluding hydrogens is 446 g/mol. The van der Waals surface area contributed by atoms with Crippen LogP contribution in [0.3, 0.4) is 0 Å². The van der Waals surface area contributed by atoms with Gasteiger partial charge in [-0.25, -0.2) is 0 Å². The van der Waals surface area contributed by atoms with Crippen molar-refractivity contribution in [2.75, 3.05) is 31.1 Å². The molecule has 0 aliphatic carbocycles. The number of anilines is 1. The van der Waals surface area contributed by atoms with Crippen molar-refractivity contribution in [1.82, 2.24) is 9.88 Å². The van der Waals surface area contributed by atoms with Gasteiger partial charge in [0.05, 0.1) is 6.04 Å². The van der Waals surface area contributed by atoms with E-state index >= 15 is 0 Å². The molecule has 6 heteroatoms. The van der Waals surface area contributed by atoms with Crippen LogP contribution in [0.25, 0.3) is 10.9 Å². The van der Waals surface area contributed by atoms with E-state index in [9.17, 15) is 9.90 Å². The number of aromatic amines is 1. The quantitative estimate of drug-likeness (QED) is 0.376. The topological polar surface area (TPSA) is 59.6 Å². The van der Waals surface area contributed by atoms with Crippen LogP contribution < -0.4 is 4.90 Å². The van der Waals surface area contributed by atoms with Gasteiger partial charge in [-0.3, -0.25) is 9.69 Å². The van der Waals surface area contributed by atoms with E-state index in [-0.39, 0.29) is 5.78 Å². The number of hydrogen-bond acceptors (Lipinski definition) is 4. The number of nitrogens with one attached hydrogen (secondary N) is 1. The van der Waals surface area contributed by atoms with E-state index in [2.05, 4.69) is 20.9 Å². The van der Waals surface area contributed by atoms with Gasteiger partial charge in [-0.15, -0.1) is 0 Å². The number of carbonyl (C=O) groups is 1. The maximum atomic E-state index is 13.5. The number of halogens is 1. The van der Waals surface area contributed by atoms with E-state index in [0.717, 1.165) is 58.9 Å². The minimum absolute atomic E-state index is 0.264. The van der Waals surface area contributed by atoms with Gasteiger partial charge in [-0.05, 0) is 36.8 Å². The van der Waals surface area contributed by atoms with E-state index in [1.54, 1.807) is 6.20 Å². The second-order valence-electron chi connectivity index (χ2n) is 8.92. The summed E-state index contributed by atoms with van der Waals surface area (Å²) >= 11 is 6.19. The molecule has 0 radical (unpaired) electrons. The summed E-state index contributed by atoms with van der Waals surface area (Å²) in [5, 5.41) is 13.0. The number of rotatable bonds is 6. The van der Waals surface area contributed by atoms with Crippen molar-refractivity contribution in [3.8, 4) is 0 Å². The second kappa shape index (κ2) is 9.63. The Morgan fingerprint density at radius 3 is 2.44 bits per heavy atom. The van der Waals surface area contributed by atoms with Gasteiger partial charge in [0, 0.05) is 59.6 Å². The second-order valence-corrected chi connectivity index (χ2v) is 9.35. The molecule has 1 saturated heterocycles. The molecule has 34 heavy (non-hydrogen) atoms. The highest BCUT2D eigenvalue weighted by Gasteiger charge is 2.35. The zero-order valence-electron chi connectivity index (χ0n) is 19.1. The number of aryl methyl sites for hydroxylation is 1. The van der Waals surface area contributed by atoms with Gasteiger partial charge >= 0.3 is 0 Å². The lowest BCUT2D eigenvalue weighted by atomic mass is 9.92. The van der Waals surface area contributed by atoms with E-state index < -0.39 is 12.1 Å². The minimum atomic E-state index is -1.18. The molecule has 5 rings (SSSR count). The van der Waals surface area contributed by atoms with Gasteiger partial charge in [0.15, 0.2) is 5.78 Å². The van der Waals surface area contributed by atoms with Crippen molar-refractivity contribution in [2.24, 2.45) is 0 Å². The molecule has 0 saturated carbocycles. The number of aromatic nitrogens is 1. The highest BCUT2D eigenvalue weighted by atomic mass is 35.5. The minimum Gasteiger partial charge on any atom is -0.383 e. The van der Waals surface area contributed by atoms with Crippen molar-refractivity contribution in [2.45, 2.75) is 19.1 Å². The lowest BCUT2D eigenvalue weighted by Crippen LogP contribution is -2.51. The van der Waals surface area contributed by atoms with Crippen molar-refractivity contribution in [3.05, 3.63) is 101 Å². The van der Waals surface area contributed by atoms with Crippen LogP contribution in [-0.2, 0) is 0 Å². The molecule has 0 amide bonds. The number of carbonyl (C=O) groups excluding carboxylic acids is 1. The zero-order valence-corrected chi connectivity index (χ0v) is 19.9. The van der Waals surface area contributed by atoms with Crippen LogP contribution in [-0.4, -0.2) is 53.1 Å². The van der Waals surface area contributed by atoms with E-state index in [1.807, 2.05) is 73.7 Å². The first kappa shape index (κ1) is 22.7. The zero-order chi connectivity index (χ0) is 23.7. The molecule has 5 nitrogen and oxygen atoms in total. The highest BCUT2D eigenvalue weighted by molar-refractivity contribution is 6.30. The number of Topliss-reactive ketones (excluding diaryl/α,β-unsaturated/α-hetero) is 1. The van der Waals surface area contributed by atoms with Crippen molar-refractivity contribution < 1.29 is 9.90 Å². The number of H-pyrrole nitrogens is 1. The summed E-state index contributed by atoms with van der Waals surface area (Å²) in [6.45, 7) is 5.07. The molecule has 2 atom stereocenters. The fraction of sp³-hybridized carbons (Fsp3) is 0.250. The normalized spacial score (nSPS) is 16.5. The summed E-state index contributed by atoms with van der Waals surface area (Å²) in [6, 6.07) is 23.3. The molecule has 4 aromatic rings. The molecule has 2 N–H and O–H groups in total. The van der Waals surface area contributed by atoms with Crippen LogP contribution in [0.1, 0.15) is 27.5 Å². The Morgan fingerprint density at radius 2 is 1.71 bits per heavy atom. The Labute approximate surface area is 204 Å². The Morgan fingerprint density at radius 1 is 0.971 bits per heavy atom. The largest absolute Gasteiger partial charge is 0.383 e. The summed E-state index contributed by atoms with van der Waals surface area (Å²) in [4.78, 5) is 21.2. The lowest BCUT2D eigenvalue weighted by molar-refractivity contribution is 0.0366. The standard InChI is InChI=1S/C28H28ClN3O2/c1-19-9-11-20(12-10-19)26(28(34)27(33)24-18-30-25-8-3-2-7-23(24)25)32-15-13-31(14-16-32)22-6-4-5-21(29)17-22/h2-12,17-18,26,28,30,34H,13-16H2,1H3/t26-,28-/m1/s1. The highest BCUT2D eigenvalue weighted by Crippen LogP contribution is 2.31. The number of aliphatic hydroxyl groups excluding tert-OH is 1. The van der Waals surface area contributed by atoms with Crippen molar-refractivity contribution >= 4 is 34.0 Å².